The zero-order chi connectivity index (χ0) is 12.8. The molecule has 0 aliphatic heterocycles. The monoisotopic (exact) mass is 245 g/mol. The van der Waals surface area contributed by atoms with Crippen LogP contribution < -0.4 is 0 Å². The van der Waals surface area contributed by atoms with E-state index in [4.69, 9.17) is 5.26 Å². The van der Waals surface area contributed by atoms with Gasteiger partial charge in [0.1, 0.15) is 6.07 Å². The average Bonchev–Trinajstić information content (AvgIpc) is 2.35. The summed E-state index contributed by atoms with van der Waals surface area (Å²) in [6, 6.07) is 9.75. The molecule has 0 aliphatic rings. The van der Waals surface area contributed by atoms with Gasteiger partial charge in [-0.2, -0.15) is 5.26 Å². The third kappa shape index (κ3) is 3.76. The molecule has 0 unspecified atom stereocenters. The van der Waals surface area contributed by atoms with Crippen LogP contribution in [-0.2, 0) is 4.79 Å². The molecular formula is C14H15NOS. The van der Waals surface area contributed by atoms with Crippen LogP contribution in [0.1, 0.15) is 19.4 Å². The highest BCUT2D eigenvalue weighted by Gasteiger charge is 2.12. The summed E-state index contributed by atoms with van der Waals surface area (Å²) in [6.45, 7) is 3.59. The molecular weight excluding hydrogens is 230 g/mol. The first kappa shape index (κ1) is 13.5. The first-order valence-electron chi connectivity index (χ1n) is 5.38. The van der Waals surface area contributed by atoms with Crippen molar-refractivity contribution < 1.29 is 4.79 Å². The summed E-state index contributed by atoms with van der Waals surface area (Å²) >= 11 is 1.66. The summed E-state index contributed by atoms with van der Waals surface area (Å²) in [5.41, 5.74) is 1.10. The van der Waals surface area contributed by atoms with Gasteiger partial charge in [-0.3, -0.25) is 4.79 Å². The SMILES string of the molecule is CSc1ccc(C=C(C#N)C(=O)C(C)C)cc1. The van der Waals surface area contributed by atoms with Crippen LogP contribution in [-0.4, -0.2) is 12.0 Å². The molecule has 0 aromatic heterocycles. The van der Waals surface area contributed by atoms with E-state index >= 15 is 0 Å². The highest BCUT2D eigenvalue weighted by Crippen LogP contribution is 2.17. The van der Waals surface area contributed by atoms with Gasteiger partial charge in [-0.1, -0.05) is 26.0 Å². The number of benzene rings is 1. The third-order valence-corrected chi connectivity index (χ3v) is 3.08. The lowest BCUT2D eigenvalue weighted by Crippen LogP contribution is -2.08. The minimum Gasteiger partial charge on any atom is -0.293 e. The quantitative estimate of drug-likeness (QED) is 0.463. The second kappa shape index (κ2) is 6.27. The first-order chi connectivity index (χ1) is 8.08. The molecule has 3 heteroatoms. The van der Waals surface area contributed by atoms with Crippen LogP contribution >= 0.6 is 11.8 Å². The second-order valence-corrected chi connectivity index (χ2v) is 4.84. The number of carbonyl (C=O) groups is 1. The Kier molecular flexibility index (Phi) is 4.99. The molecule has 0 spiro atoms. The number of carbonyl (C=O) groups excluding carboxylic acids is 1. The normalized spacial score (nSPS) is 11.4. The highest BCUT2D eigenvalue weighted by atomic mass is 32.2. The van der Waals surface area contributed by atoms with Crippen molar-refractivity contribution in [2.75, 3.05) is 6.26 Å². The molecule has 0 fully saturated rings. The van der Waals surface area contributed by atoms with Gasteiger partial charge in [0.2, 0.25) is 0 Å². The van der Waals surface area contributed by atoms with E-state index in [0.29, 0.717) is 0 Å². The van der Waals surface area contributed by atoms with Crippen molar-refractivity contribution in [1.29, 1.82) is 5.26 Å². The second-order valence-electron chi connectivity index (χ2n) is 3.96. The molecule has 1 aromatic rings. The minimum atomic E-state index is -0.147. The van der Waals surface area contributed by atoms with E-state index in [2.05, 4.69) is 0 Å². The van der Waals surface area contributed by atoms with E-state index in [9.17, 15) is 4.79 Å². The lowest BCUT2D eigenvalue weighted by Gasteiger charge is -2.02. The Morgan fingerprint density at radius 1 is 1.35 bits per heavy atom. The fourth-order valence-electron chi connectivity index (χ4n) is 1.34. The molecule has 0 aliphatic carbocycles. The summed E-state index contributed by atoms with van der Waals surface area (Å²) in [5, 5.41) is 8.96. The maximum Gasteiger partial charge on any atom is 0.175 e. The standard InChI is InChI=1S/C14H15NOS/c1-10(2)14(16)12(9-15)8-11-4-6-13(17-3)7-5-11/h4-8,10H,1-3H3. The summed E-state index contributed by atoms with van der Waals surface area (Å²) in [5.74, 6) is -0.257. The van der Waals surface area contributed by atoms with E-state index in [1.807, 2.05) is 36.6 Å². The van der Waals surface area contributed by atoms with E-state index in [1.54, 1.807) is 31.7 Å². The Hall–Kier alpha value is -1.53. The fraction of sp³-hybridized carbons (Fsp3) is 0.286. The molecule has 0 saturated carbocycles. The number of hydrogen-bond donors (Lipinski definition) is 0. The fourth-order valence-corrected chi connectivity index (χ4v) is 1.74. The molecule has 1 rings (SSSR count). The lowest BCUT2D eigenvalue weighted by molar-refractivity contribution is -0.117. The van der Waals surface area contributed by atoms with E-state index in [-0.39, 0.29) is 17.3 Å². The van der Waals surface area contributed by atoms with Gasteiger partial charge in [0.05, 0.1) is 5.57 Å². The van der Waals surface area contributed by atoms with E-state index < -0.39 is 0 Å². The Bertz CT molecular complexity index is 466. The van der Waals surface area contributed by atoms with Crippen molar-refractivity contribution in [2.45, 2.75) is 18.7 Å². The lowest BCUT2D eigenvalue weighted by atomic mass is 10.00. The predicted octanol–water partition coefficient (Wildman–Crippen LogP) is 3.54. The van der Waals surface area contributed by atoms with Crippen molar-refractivity contribution in [2.24, 2.45) is 5.92 Å². The van der Waals surface area contributed by atoms with Crippen molar-refractivity contribution >= 4 is 23.6 Å². The molecule has 0 heterocycles. The summed E-state index contributed by atoms with van der Waals surface area (Å²) in [4.78, 5) is 12.9. The molecule has 0 saturated heterocycles. The van der Waals surface area contributed by atoms with Crippen LogP contribution in [0.3, 0.4) is 0 Å². The number of thioether (sulfide) groups is 1. The number of hydrogen-bond acceptors (Lipinski definition) is 3. The van der Waals surface area contributed by atoms with Gasteiger partial charge < -0.3 is 0 Å². The first-order valence-corrected chi connectivity index (χ1v) is 6.61. The summed E-state index contributed by atoms with van der Waals surface area (Å²) in [6.07, 6.45) is 3.65. The van der Waals surface area contributed by atoms with Gasteiger partial charge in [-0.15, -0.1) is 11.8 Å². The summed E-state index contributed by atoms with van der Waals surface area (Å²) < 4.78 is 0. The van der Waals surface area contributed by atoms with Crippen molar-refractivity contribution in [3.05, 3.63) is 35.4 Å². The molecule has 0 N–H and O–H groups in total. The third-order valence-electron chi connectivity index (χ3n) is 2.34. The van der Waals surface area contributed by atoms with Crippen LogP contribution in [0, 0.1) is 17.2 Å². The summed E-state index contributed by atoms with van der Waals surface area (Å²) in [7, 11) is 0. The van der Waals surface area contributed by atoms with Crippen molar-refractivity contribution in [3.8, 4) is 6.07 Å². The smallest absolute Gasteiger partial charge is 0.175 e. The van der Waals surface area contributed by atoms with Crippen LogP contribution in [0.4, 0.5) is 0 Å². The van der Waals surface area contributed by atoms with Gasteiger partial charge in [0, 0.05) is 10.8 Å². The largest absolute Gasteiger partial charge is 0.293 e. The molecule has 2 nitrogen and oxygen atoms in total. The zero-order valence-electron chi connectivity index (χ0n) is 10.2. The Morgan fingerprint density at radius 3 is 2.35 bits per heavy atom. The maximum absolute atomic E-state index is 11.7. The molecule has 17 heavy (non-hydrogen) atoms. The van der Waals surface area contributed by atoms with Gasteiger partial charge in [-0.25, -0.2) is 0 Å². The molecule has 1 aromatic carbocycles. The average molecular weight is 245 g/mol. The Morgan fingerprint density at radius 2 is 1.94 bits per heavy atom. The van der Waals surface area contributed by atoms with Gasteiger partial charge in [0.15, 0.2) is 5.78 Å². The molecule has 0 atom stereocenters. The number of ketones is 1. The zero-order valence-corrected chi connectivity index (χ0v) is 11.0. The van der Waals surface area contributed by atoms with Crippen LogP contribution in [0.25, 0.3) is 6.08 Å². The van der Waals surface area contributed by atoms with Crippen LogP contribution in [0.15, 0.2) is 34.7 Å². The number of nitriles is 1. The highest BCUT2D eigenvalue weighted by molar-refractivity contribution is 7.98. The maximum atomic E-state index is 11.7. The molecule has 0 bridgehead atoms. The van der Waals surface area contributed by atoms with Crippen LogP contribution in [0.5, 0.6) is 0 Å². The van der Waals surface area contributed by atoms with Gasteiger partial charge in [0.25, 0.3) is 0 Å². The number of nitrogens with zero attached hydrogens (tertiary/aromatic N) is 1. The molecule has 88 valence electrons. The number of allylic oxidation sites excluding steroid dienone is 1. The Balaban J connectivity index is 2.99. The Labute approximate surface area is 106 Å². The van der Waals surface area contributed by atoms with Crippen molar-refractivity contribution in [1.82, 2.24) is 0 Å². The molecule has 0 radical (unpaired) electrons. The number of Topliss-reactive ketones (excluding diaryl/α,β-unsaturated/α-hetero) is 1. The molecule has 0 amide bonds. The number of rotatable bonds is 4. The minimum absolute atomic E-state index is 0.110. The van der Waals surface area contributed by atoms with Crippen LogP contribution in [0.2, 0.25) is 0 Å². The van der Waals surface area contributed by atoms with Gasteiger partial charge >= 0.3 is 0 Å². The predicted molar refractivity (Wildman–Crippen MR) is 71.7 cm³/mol. The van der Waals surface area contributed by atoms with Crippen molar-refractivity contribution in [3.63, 3.8) is 0 Å². The topological polar surface area (TPSA) is 40.9 Å². The van der Waals surface area contributed by atoms with E-state index in [1.165, 1.54) is 0 Å². The van der Waals surface area contributed by atoms with Gasteiger partial charge in [-0.05, 0) is 30.0 Å². The van der Waals surface area contributed by atoms with E-state index in [0.717, 1.165) is 10.5 Å².